The summed E-state index contributed by atoms with van der Waals surface area (Å²) in [5, 5.41) is 0. The fourth-order valence-electron chi connectivity index (χ4n) is 0.784. The largest absolute Gasteiger partial charge is 0.443 e. The molecule has 1 amide bonds. The summed E-state index contributed by atoms with van der Waals surface area (Å²) in [5.74, 6) is 0. The molecule has 0 aromatic carbocycles. The SMILES string of the molecule is CC(C)(C)OC(=O)N1[C]=NCC1. The van der Waals surface area contributed by atoms with Crippen molar-refractivity contribution in [2.24, 2.45) is 4.99 Å². The van der Waals surface area contributed by atoms with Crippen LogP contribution >= 0.6 is 0 Å². The lowest BCUT2D eigenvalue weighted by atomic mass is 10.2. The summed E-state index contributed by atoms with van der Waals surface area (Å²) in [5.41, 5.74) is -0.443. The number of aliphatic imine (C=N–C) groups is 1. The molecular weight excluding hydrogens is 156 g/mol. The average Bonchev–Trinajstić information content (AvgIpc) is 2.32. The molecule has 67 valence electrons. The van der Waals surface area contributed by atoms with Crippen LogP contribution in [0.25, 0.3) is 0 Å². The number of rotatable bonds is 0. The molecule has 12 heavy (non-hydrogen) atoms. The van der Waals surface area contributed by atoms with E-state index in [1.165, 1.54) is 4.90 Å². The van der Waals surface area contributed by atoms with Crippen molar-refractivity contribution in [1.82, 2.24) is 4.90 Å². The van der Waals surface area contributed by atoms with Gasteiger partial charge in [0.05, 0.1) is 13.1 Å². The van der Waals surface area contributed by atoms with Crippen molar-refractivity contribution in [3.8, 4) is 0 Å². The van der Waals surface area contributed by atoms with Crippen molar-refractivity contribution in [3.63, 3.8) is 0 Å². The molecule has 0 N–H and O–H groups in total. The Balaban J connectivity index is 2.43. The number of ether oxygens (including phenoxy) is 1. The monoisotopic (exact) mass is 169 g/mol. The predicted molar refractivity (Wildman–Crippen MR) is 45.2 cm³/mol. The number of carbonyl (C=O) groups excluding carboxylic acids is 1. The van der Waals surface area contributed by atoms with Crippen LogP contribution in [0.15, 0.2) is 4.99 Å². The van der Waals surface area contributed by atoms with Crippen LogP contribution in [-0.4, -0.2) is 36.0 Å². The van der Waals surface area contributed by atoms with E-state index in [0.29, 0.717) is 13.1 Å². The predicted octanol–water partition coefficient (Wildman–Crippen LogP) is 1.14. The molecule has 0 fully saturated rings. The van der Waals surface area contributed by atoms with Crippen LogP contribution in [0, 0.1) is 0 Å². The third-order valence-corrected chi connectivity index (χ3v) is 1.24. The fraction of sp³-hybridized carbons (Fsp3) is 0.750. The molecule has 0 spiro atoms. The lowest BCUT2D eigenvalue weighted by Gasteiger charge is -2.22. The van der Waals surface area contributed by atoms with Gasteiger partial charge in [0.15, 0.2) is 6.34 Å². The van der Waals surface area contributed by atoms with E-state index in [-0.39, 0.29) is 6.09 Å². The molecule has 0 atom stereocenters. The lowest BCUT2D eigenvalue weighted by Crippen LogP contribution is -2.34. The Bertz CT molecular complexity index is 206. The molecule has 1 rings (SSSR count). The average molecular weight is 169 g/mol. The van der Waals surface area contributed by atoms with Gasteiger partial charge in [-0.25, -0.2) is 4.79 Å². The Kier molecular flexibility index (Phi) is 2.35. The summed E-state index contributed by atoms with van der Waals surface area (Å²) < 4.78 is 5.09. The van der Waals surface area contributed by atoms with E-state index >= 15 is 0 Å². The second-order valence-corrected chi connectivity index (χ2v) is 3.61. The second-order valence-electron chi connectivity index (χ2n) is 3.61. The highest BCUT2D eigenvalue weighted by atomic mass is 16.6. The first-order valence-electron chi connectivity index (χ1n) is 3.92. The van der Waals surface area contributed by atoms with E-state index in [2.05, 4.69) is 11.3 Å². The smallest absolute Gasteiger partial charge is 0.416 e. The number of hydrogen-bond acceptors (Lipinski definition) is 3. The van der Waals surface area contributed by atoms with Crippen LogP contribution in [0.2, 0.25) is 0 Å². The lowest BCUT2D eigenvalue weighted by molar-refractivity contribution is 0.0390. The fourth-order valence-corrected chi connectivity index (χ4v) is 0.784. The van der Waals surface area contributed by atoms with E-state index in [4.69, 9.17) is 4.74 Å². The van der Waals surface area contributed by atoms with Crippen LogP contribution in [0.1, 0.15) is 20.8 Å². The summed E-state index contributed by atoms with van der Waals surface area (Å²) in [6.45, 7) is 6.70. The third kappa shape index (κ3) is 2.53. The van der Waals surface area contributed by atoms with Gasteiger partial charge in [-0.1, -0.05) is 0 Å². The Morgan fingerprint density at radius 2 is 2.25 bits per heavy atom. The molecule has 4 nitrogen and oxygen atoms in total. The van der Waals surface area contributed by atoms with Crippen molar-refractivity contribution < 1.29 is 9.53 Å². The molecule has 0 aromatic heterocycles. The summed E-state index contributed by atoms with van der Waals surface area (Å²) >= 11 is 0. The van der Waals surface area contributed by atoms with Gasteiger partial charge in [0, 0.05) is 0 Å². The highest BCUT2D eigenvalue weighted by Gasteiger charge is 2.22. The summed E-state index contributed by atoms with van der Waals surface area (Å²) in [4.78, 5) is 16.4. The van der Waals surface area contributed by atoms with Gasteiger partial charge >= 0.3 is 6.09 Å². The zero-order chi connectivity index (χ0) is 9.19. The normalized spacial score (nSPS) is 16.8. The molecule has 0 aliphatic carbocycles. The minimum absolute atomic E-state index is 0.372. The van der Waals surface area contributed by atoms with Gasteiger partial charge in [-0.15, -0.1) is 0 Å². The maximum absolute atomic E-state index is 11.2. The van der Waals surface area contributed by atoms with Crippen LogP contribution in [0.4, 0.5) is 4.79 Å². The molecule has 1 radical (unpaired) electrons. The van der Waals surface area contributed by atoms with Gasteiger partial charge in [-0.3, -0.25) is 9.89 Å². The van der Waals surface area contributed by atoms with E-state index in [1.807, 2.05) is 20.8 Å². The first-order chi connectivity index (χ1) is 5.49. The summed E-state index contributed by atoms with van der Waals surface area (Å²) in [6, 6.07) is 0. The van der Waals surface area contributed by atoms with Crippen LogP contribution < -0.4 is 0 Å². The molecule has 1 aliphatic heterocycles. The van der Waals surface area contributed by atoms with Crippen molar-refractivity contribution in [3.05, 3.63) is 0 Å². The molecule has 0 saturated heterocycles. The first-order valence-corrected chi connectivity index (χ1v) is 3.92. The number of carbonyl (C=O) groups is 1. The highest BCUT2D eigenvalue weighted by molar-refractivity contribution is 5.83. The highest BCUT2D eigenvalue weighted by Crippen LogP contribution is 2.09. The molecule has 1 aliphatic rings. The van der Waals surface area contributed by atoms with E-state index in [0.717, 1.165) is 0 Å². The van der Waals surface area contributed by atoms with Crippen LogP contribution in [0.3, 0.4) is 0 Å². The topological polar surface area (TPSA) is 41.9 Å². The molecule has 0 saturated carbocycles. The minimum atomic E-state index is -0.443. The Morgan fingerprint density at radius 3 is 2.67 bits per heavy atom. The summed E-state index contributed by atoms with van der Waals surface area (Å²) in [7, 11) is 0. The molecule has 0 unspecified atom stereocenters. The molecule has 4 heteroatoms. The zero-order valence-electron chi connectivity index (χ0n) is 7.63. The second kappa shape index (κ2) is 3.13. The number of hydrogen-bond donors (Lipinski definition) is 0. The maximum Gasteiger partial charge on any atom is 0.416 e. The number of amides is 1. The quantitative estimate of drug-likeness (QED) is 0.545. The molecule has 1 heterocycles. The minimum Gasteiger partial charge on any atom is -0.443 e. The van der Waals surface area contributed by atoms with Gasteiger partial charge in [0.2, 0.25) is 0 Å². The van der Waals surface area contributed by atoms with E-state index in [1.54, 1.807) is 0 Å². The molecule has 0 aromatic rings. The van der Waals surface area contributed by atoms with Crippen molar-refractivity contribution >= 4 is 12.4 Å². The maximum atomic E-state index is 11.2. The Hall–Kier alpha value is -1.06. The van der Waals surface area contributed by atoms with E-state index < -0.39 is 5.60 Å². The molecular formula is C8H13N2O2. The Labute approximate surface area is 72.2 Å². The van der Waals surface area contributed by atoms with Gasteiger partial charge in [-0.05, 0) is 20.8 Å². The zero-order valence-corrected chi connectivity index (χ0v) is 7.63. The van der Waals surface area contributed by atoms with Gasteiger partial charge in [-0.2, -0.15) is 0 Å². The van der Waals surface area contributed by atoms with Crippen molar-refractivity contribution in [1.29, 1.82) is 0 Å². The van der Waals surface area contributed by atoms with Crippen molar-refractivity contribution in [2.75, 3.05) is 13.1 Å². The van der Waals surface area contributed by atoms with Gasteiger partial charge < -0.3 is 4.74 Å². The van der Waals surface area contributed by atoms with Crippen molar-refractivity contribution in [2.45, 2.75) is 26.4 Å². The third-order valence-electron chi connectivity index (χ3n) is 1.24. The van der Waals surface area contributed by atoms with E-state index in [9.17, 15) is 4.79 Å². The first kappa shape index (κ1) is 9.03. The van der Waals surface area contributed by atoms with Gasteiger partial charge in [0.25, 0.3) is 0 Å². The Morgan fingerprint density at radius 1 is 1.58 bits per heavy atom. The standard InChI is InChI=1S/C8H13N2O2/c1-8(2,3)12-7(11)10-5-4-9-6-10/h4-5H2,1-3H3. The number of nitrogens with zero attached hydrogens (tertiary/aromatic N) is 2. The summed E-state index contributed by atoms with van der Waals surface area (Å²) in [6.07, 6.45) is 2.19. The van der Waals surface area contributed by atoms with Gasteiger partial charge in [0.1, 0.15) is 5.60 Å². The van der Waals surface area contributed by atoms with Crippen LogP contribution in [0.5, 0.6) is 0 Å². The van der Waals surface area contributed by atoms with Crippen LogP contribution in [-0.2, 0) is 4.74 Å². The molecule has 0 bridgehead atoms.